The largest absolute Gasteiger partial charge is 0.484 e. The molecule has 9 heterocycles. The molecule has 9 aliphatic heterocycles. The van der Waals surface area contributed by atoms with E-state index < -0.39 is 0 Å². The first kappa shape index (κ1) is 31.3. The Morgan fingerprint density at radius 2 is 0.825 bits per heavy atom. The van der Waals surface area contributed by atoms with E-state index in [0.717, 1.165) is 12.2 Å². The number of hydrogen-bond donors (Lipinski definition) is 0. The van der Waals surface area contributed by atoms with Crippen LogP contribution in [-0.4, -0.2) is 21.1 Å². The van der Waals surface area contributed by atoms with Crippen LogP contribution in [0.1, 0.15) is 17.2 Å². The van der Waals surface area contributed by atoms with Crippen molar-refractivity contribution in [3.8, 4) is 72.5 Å². The molecule has 13 heteroatoms. The van der Waals surface area contributed by atoms with E-state index in [1.807, 2.05) is 11.6 Å². The highest BCUT2D eigenvalue weighted by molar-refractivity contribution is 8.58. The molecule has 0 fully saturated rings. The average Bonchev–Trinajstić information content (AvgIpc) is 3.24. The molecule has 0 saturated carbocycles. The molecule has 0 saturated heterocycles. The van der Waals surface area contributed by atoms with Gasteiger partial charge in [0.15, 0.2) is 0 Å². The van der Waals surface area contributed by atoms with E-state index in [4.69, 9.17) is 4.74 Å². The van der Waals surface area contributed by atoms with Gasteiger partial charge in [0.25, 0.3) is 0 Å². The second-order valence-corrected chi connectivity index (χ2v) is 26.4. The molecule has 1 unspecified atom stereocenters. The van der Waals surface area contributed by atoms with Gasteiger partial charge in [-0.15, -0.1) is 0 Å². The lowest BCUT2D eigenvalue weighted by Crippen LogP contribution is -2.48. The second-order valence-electron chi connectivity index (χ2n) is 16.1. The zero-order valence-corrected chi connectivity index (χ0v) is 36.0. The number of fused-ring (bicyclic) bond motifs is 6. The quantitative estimate of drug-likeness (QED) is 0.137. The molecule has 7 aromatic carbocycles. The molecule has 0 spiro atoms. The van der Waals surface area contributed by atoms with Gasteiger partial charge in [0.05, 0.1) is 0 Å². The van der Waals surface area contributed by atoms with Crippen LogP contribution >= 0.6 is 92.9 Å². The predicted molar refractivity (Wildman–Crippen MR) is 255 cm³/mol. The summed E-state index contributed by atoms with van der Waals surface area (Å²) in [7, 11) is 0. The Balaban J connectivity index is 1.04. The van der Waals surface area contributed by atoms with Gasteiger partial charge in [-0.05, 0) is 103 Å². The highest BCUT2D eigenvalue weighted by Gasteiger charge is 2.55. The van der Waals surface area contributed by atoms with Crippen molar-refractivity contribution in [1.82, 2.24) is 0 Å². The van der Waals surface area contributed by atoms with Gasteiger partial charge in [-0.2, -0.15) is 92.9 Å². The predicted octanol–water partition coefficient (Wildman–Crippen LogP) is 11.3. The normalized spacial score (nSPS) is 19.1. The maximum atomic E-state index is 7.88. The third-order valence-electron chi connectivity index (χ3n) is 13.6. The molecule has 0 amide bonds. The Labute approximate surface area is 363 Å². The molecule has 0 N–H and O–H groups in total. The molecule has 1 nitrogen and oxygen atoms in total. The molecule has 0 radical (unpaired) electrons. The van der Waals surface area contributed by atoms with E-state index in [1.165, 1.54) is 117 Å². The van der Waals surface area contributed by atoms with Gasteiger partial charge < -0.3 is 4.74 Å². The van der Waals surface area contributed by atoms with Gasteiger partial charge in [0.1, 0.15) is 11.9 Å². The van der Waals surface area contributed by atoms with E-state index in [-0.39, 0.29) is 6.10 Å². The first-order valence-corrected chi connectivity index (χ1v) is 26.4. The fraction of sp³-hybridized carbons (Fsp3) is 0.0455. The molecule has 1 aliphatic carbocycles. The molecule has 1 atom stereocenters. The van der Waals surface area contributed by atoms with Crippen molar-refractivity contribution in [2.45, 2.75) is 51.7 Å². The Morgan fingerprint density at radius 1 is 0.386 bits per heavy atom. The Kier molecular flexibility index (Phi) is 5.74. The van der Waals surface area contributed by atoms with Gasteiger partial charge in [-0.1, -0.05) is 48.5 Å². The van der Waals surface area contributed by atoms with Crippen molar-refractivity contribution in [3.05, 3.63) is 102 Å². The molecule has 10 aliphatic rings. The van der Waals surface area contributed by atoms with Gasteiger partial charge in [-0.3, -0.25) is 0 Å². The molecular weight excluding hydrogens is 844 g/mol. The van der Waals surface area contributed by atoms with E-state index in [9.17, 15) is 0 Å². The van der Waals surface area contributed by atoms with Crippen LogP contribution in [0.5, 0.6) is 5.75 Å². The minimum Gasteiger partial charge on any atom is -0.484 e. The lowest BCUT2D eigenvalue weighted by molar-refractivity contribution is 0.202. The van der Waals surface area contributed by atoms with Crippen molar-refractivity contribution in [2.75, 3.05) is 0 Å². The summed E-state index contributed by atoms with van der Waals surface area (Å²) in [5.74, 6) is 1.16. The van der Waals surface area contributed by atoms with E-state index >= 15 is 0 Å². The Morgan fingerprint density at radius 3 is 1.42 bits per heavy atom. The molecule has 260 valence electrons. The van der Waals surface area contributed by atoms with Gasteiger partial charge >= 0.3 is 21.1 Å². The van der Waals surface area contributed by atoms with Crippen LogP contribution in [0.25, 0.3) is 66.8 Å². The molecule has 0 bridgehead atoms. The maximum Gasteiger partial charge on any atom is 0.318 e. The van der Waals surface area contributed by atoms with Gasteiger partial charge in [0, 0.05) is 84.5 Å². The highest BCUT2D eigenvalue weighted by atomic mass is 32.2. The lowest BCUT2D eigenvalue weighted by atomic mass is 9.61. The smallest absolute Gasteiger partial charge is 0.318 e. The minimum atomic E-state index is -0.0444. The van der Waals surface area contributed by atoms with Crippen LogP contribution in [0.15, 0.2) is 130 Å². The third kappa shape index (κ3) is 3.55. The fourth-order valence-electron chi connectivity index (χ4n) is 11.7. The van der Waals surface area contributed by atoms with Crippen LogP contribution in [-0.2, 0) is 6.42 Å². The van der Waals surface area contributed by atoms with Crippen LogP contribution in [0.2, 0.25) is 0 Å². The average molecular weight is 862 g/mol. The van der Waals surface area contributed by atoms with E-state index in [1.54, 1.807) is 22.1 Å². The number of ether oxygens (including phenoxy) is 1. The molecular formula is C44H18B4OS8. The Hall–Kier alpha value is -2.60. The van der Waals surface area contributed by atoms with E-state index in [2.05, 4.69) is 172 Å². The summed E-state index contributed by atoms with van der Waals surface area (Å²) in [6.45, 7) is 0. The summed E-state index contributed by atoms with van der Waals surface area (Å²) >= 11 is 16.7. The monoisotopic (exact) mass is 862 g/mol. The zero-order valence-electron chi connectivity index (χ0n) is 29.4. The third-order valence-corrected chi connectivity index (χ3v) is 24.2. The number of benzene rings is 7. The summed E-state index contributed by atoms with van der Waals surface area (Å²) in [5, 5.41) is 1.27. The summed E-state index contributed by atoms with van der Waals surface area (Å²) < 4.78 is 7.88. The summed E-state index contributed by atoms with van der Waals surface area (Å²) in [4.78, 5) is 11.5. The van der Waals surface area contributed by atoms with Gasteiger partial charge in [-0.25, -0.2) is 0 Å². The van der Waals surface area contributed by atoms with Crippen molar-refractivity contribution in [1.29, 1.82) is 0 Å². The lowest BCUT2D eigenvalue weighted by Gasteiger charge is -2.49. The molecule has 17 rings (SSSR count). The highest BCUT2D eigenvalue weighted by Crippen LogP contribution is 2.68. The van der Waals surface area contributed by atoms with Gasteiger partial charge in [0.2, 0.25) is 0 Å². The topological polar surface area (TPSA) is 9.23 Å². The molecule has 7 aromatic rings. The summed E-state index contributed by atoms with van der Waals surface area (Å²) in [6.07, 6.45) is 0.855. The zero-order chi connectivity index (χ0) is 36.2. The van der Waals surface area contributed by atoms with Crippen molar-refractivity contribution >= 4 is 136 Å². The van der Waals surface area contributed by atoms with Crippen LogP contribution in [0.3, 0.4) is 0 Å². The SMILES string of the molecule is c1ccc2c(c1)SB1Sc3cccc4c3-c3c1c-2c1c2c3B(S4)Sc3cc4c5c(c3-2)C(C1)Oc1c2c3c6c(c1-5)B(Sc1cccc(c1-6)SB3Sc1ccccc1-2)S4. The molecule has 57 heavy (non-hydrogen) atoms. The van der Waals surface area contributed by atoms with Crippen LogP contribution in [0.4, 0.5) is 0 Å². The maximum absolute atomic E-state index is 7.88. The van der Waals surface area contributed by atoms with Crippen molar-refractivity contribution in [3.63, 3.8) is 0 Å². The summed E-state index contributed by atoms with van der Waals surface area (Å²) in [6, 6.07) is 35.2. The Bertz CT molecular complexity index is 3070. The summed E-state index contributed by atoms with van der Waals surface area (Å²) in [5.41, 5.74) is 26.8. The first-order valence-electron chi connectivity index (χ1n) is 19.4. The van der Waals surface area contributed by atoms with Crippen LogP contribution < -0.4 is 26.6 Å². The second kappa shape index (κ2) is 10.5. The number of rotatable bonds is 0. The van der Waals surface area contributed by atoms with Crippen LogP contribution in [0, 0.1) is 0 Å². The first-order chi connectivity index (χ1) is 28.2. The number of hydrogen-bond acceptors (Lipinski definition) is 9. The molecule has 0 aromatic heterocycles. The van der Waals surface area contributed by atoms with Crippen molar-refractivity contribution in [2.24, 2.45) is 0 Å². The minimum absolute atomic E-state index is 0.0444. The van der Waals surface area contributed by atoms with E-state index in [0.29, 0.717) is 21.1 Å². The standard InChI is InChI=1S/C44H18B4OS8/c1-3-9-21-17(7-1)29-19-15-20-32-35-27(56-46-41(30(19)35)37-33-23(11-5-12-24(33)53-46)52-45(50-21)40(29)37)16-28-36(32)39-43-38-34-25(13-6-14-26(34)55-48(43)57-28)54-47-42(38)31(44(39)49-20)18-8-2-4-10-22(18)51-47/h1-14,16,20H,15H2. The fourth-order valence-corrected chi connectivity index (χ4v) is 23.7. The van der Waals surface area contributed by atoms with Crippen molar-refractivity contribution < 1.29 is 4.74 Å².